The number of amidine groups is 1. The van der Waals surface area contributed by atoms with E-state index in [0.29, 0.717) is 19.8 Å². The van der Waals surface area contributed by atoms with Crippen molar-refractivity contribution < 1.29 is 9.53 Å². The van der Waals surface area contributed by atoms with E-state index in [9.17, 15) is 4.79 Å². The largest absolute Gasteiger partial charge is 0.444 e. The van der Waals surface area contributed by atoms with Crippen LogP contribution in [0.15, 0.2) is 41.5 Å². The summed E-state index contributed by atoms with van der Waals surface area (Å²) in [6.45, 7) is 9.53. The maximum Gasteiger partial charge on any atom is 0.410 e. The van der Waals surface area contributed by atoms with Crippen molar-refractivity contribution in [1.82, 2.24) is 30.3 Å². The Labute approximate surface area is 199 Å². The Balaban J connectivity index is 1.41. The topological polar surface area (TPSA) is 98.7 Å². The lowest BCUT2D eigenvalue weighted by Crippen LogP contribution is -2.41. The molecular formula is C25H31N7O2. The van der Waals surface area contributed by atoms with Crippen molar-refractivity contribution in [1.29, 1.82) is 0 Å². The summed E-state index contributed by atoms with van der Waals surface area (Å²) in [4.78, 5) is 32.1. The second-order valence-corrected chi connectivity index (χ2v) is 9.87. The van der Waals surface area contributed by atoms with E-state index in [4.69, 9.17) is 14.7 Å². The monoisotopic (exact) mass is 461 g/mol. The van der Waals surface area contributed by atoms with Crippen LogP contribution in [0.3, 0.4) is 0 Å². The smallest absolute Gasteiger partial charge is 0.410 e. The molecule has 0 bridgehead atoms. The summed E-state index contributed by atoms with van der Waals surface area (Å²) in [6, 6.07) is 5.99. The molecule has 0 atom stereocenters. The van der Waals surface area contributed by atoms with Crippen molar-refractivity contribution >= 4 is 17.5 Å². The molecule has 5 rings (SSSR count). The number of piperidine rings is 1. The van der Waals surface area contributed by atoms with Gasteiger partial charge in [0.15, 0.2) is 0 Å². The summed E-state index contributed by atoms with van der Waals surface area (Å²) in [5.41, 5.74) is 7.31. The number of likely N-dealkylation sites (tertiary alicyclic amines) is 1. The van der Waals surface area contributed by atoms with Gasteiger partial charge in [-0.2, -0.15) is 0 Å². The lowest BCUT2D eigenvalue weighted by molar-refractivity contribution is 0.0203. The van der Waals surface area contributed by atoms with E-state index in [1.54, 1.807) is 4.90 Å². The fourth-order valence-corrected chi connectivity index (χ4v) is 4.40. The first kappa shape index (κ1) is 22.3. The first-order valence-electron chi connectivity index (χ1n) is 11.8. The van der Waals surface area contributed by atoms with E-state index in [1.807, 2.05) is 63.2 Å². The second kappa shape index (κ2) is 8.72. The number of aromatic amines is 1. The molecule has 0 unspecified atom stereocenters. The highest BCUT2D eigenvalue weighted by molar-refractivity contribution is 6.00. The minimum atomic E-state index is -0.491. The van der Waals surface area contributed by atoms with Gasteiger partial charge in [-0.25, -0.2) is 20.2 Å². The second-order valence-electron chi connectivity index (χ2n) is 9.87. The van der Waals surface area contributed by atoms with Gasteiger partial charge in [0, 0.05) is 36.5 Å². The number of amides is 1. The van der Waals surface area contributed by atoms with Gasteiger partial charge in [-0.15, -0.1) is 0 Å². The minimum Gasteiger partial charge on any atom is -0.444 e. The summed E-state index contributed by atoms with van der Waals surface area (Å²) in [7, 11) is 0. The Hall–Kier alpha value is -3.46. The molecule has 0 spiro atoms. The van der Waals surface area contributed by atoms with Crippen LogP contribution in [0.1, 0.15) is 56.7 Å². The summed E-state index contributed by atoms with van der Waals surface area (Å²) in [6.07, 6.45) is 7.50. The van der Waals surface area contributed by atoms with Crippen LogP contribution >= 0.6 is 0 Å². The Morgan fingerprint density at radius 1 is 1.15 bits per heavy atom. The number of imidazole rings is 1. The number of nitrogens with one attached hydrogen (secondary N) is 2. The van der Waals surface area contributed by atoms with Crippen LogP contribution < -0.4 is 5.43 Å². The van der Waals surface area contributed by atoms with Gasteiger partial charge in [0.25, 0.3) is 0 Å². The number of H-pyrrole nitrogens is 1. The molecule has 3 aliphatic rings. The number of hydrogen-bond acceptors (Lipinski definition) is 7. The van der Waals surface area contributed by atoms with Crippen molar-refractivity contribution in [3.05, 3.63) is 53.8 Å². The SMILES string of the molecule is Cc1cccc(-c2nc(C3CCN(C(=O)OC(C)(C)C)CC3)[nH]c2C2=CN3NCN=C3C=C2)n1. The Morgan fingerprint density at radius 2 is 1.94 bits per heavy atom. The fraction of sp³-hybridized carbons (Fsp3) is 0.440. The predicted molar refractivity (Wildman–Crippen MR) is 131 cm³/mol. The number of carbonyl (C=O) groups is 1. The molecular weight excluding hydrogens is 430 g/mol. The molecule has 5 heterocycles. The van der Waals surface area contributed by atoms with E-state index < -0.39 is 5.60 Å². The molecule has 0 saturated carbocycles. The number of aromatic nitrogens is 3. The number of hydrogen-bond donors (Lipinski definition) is 2. The summed E-state index contributed by atoms with van der Waals surface area (Å²) < 4.78 is 5.54. The summed E-state index contributed by atoms with van der Waals surface area (Å²) >= 11 is 0. The molecule has 3 aliphatic heterocycles. The molecule has 0 aromatic carbocycles. The molecule has 178 valence electrons. The van der Waals surface area contributed by atoms with Gasteiger partial charge in [-0.1, -0.05) is 6.07 Å². The minimum absolute atomic E-state index is 0.228. The van der Waals surface area contributed by atoms with Crippen LogP contribution in [-0.2, 0) is 4.74 Å². The normalized spacial score (nSPS) is 18.6. The molecule has 2 aromatic heterocycles. The van der Waals surface area contributed by atoms with Crippen molar-refractivity contribution in [3.8, 4) is 11.4 Å². The van der Waals surface area contributed by atoms with Crippen LogP contribution in [0.5, 0.6) is 0 Å². The van der Waals surface area contributed by atoms with Gasteiger partial charge >= 0.3 is 6.09 Å². The number of pyridine rings is 1. The number of carbonyl (C=O) groups excluding carboxylic acids is 1. The fourth-order valence-electron chi connectivity index (χ4n) is 4.40. The molecule has 2 N–H and O–H groups in total. The van der Waals surface area contributed by atoms with Crippen molar-refractivity contribution in [2.45, 2.75) is 52.1 Å². The summed E-state index contributed by atoms with van der Waals surface area (Å²) in [5, 5.41) is 1.93. The van der Waals surface area contributed by atoms with Crippen LogP contribution in [0, 0.1) is 6.92 Å². The van der Waals surface area contributed by atoms with Crippen molar-refractivity contribution in [2.75, 3.05) is 19.8 Å². The van der Waals surface area contributed by atoms with Gasteiger partial charge in [-0.3, -0.25) is 9.99 Å². The highest BCUT2D eigenvalue weighted by Crippen LogP contribution is 2.34. The van der Waals surface area contributed by atoms with E-state index in [0.717, 1.165) is 52.9 Å². The van der Waals surface area contributed by atoms with Gasteiger partial charge < -0.3 is 14.6 Å². The lowest BCUT2D eigenvalue weighted by atomic mass is 9.96. The number of ether oxygens (including phenoxy) is 1. The number of rotatable bonds is 3. The summed E-state index contributed by atoms with van der Waals surface area (Å²) in [5.74, 6) is 2.06. The van der Waals surface area contributed by atoms with E-state index >= 15 is 0 Å². The first-order valence-corrected chi connectivity index (χ1v) is 11.8. The Morgan fingerprint density at radius 3 is 2.68 bits per heavy atom. The maximum atomic E-state index is 12.5. The molecule has 1 fully saturated rings. The third-order valence-corrected chi connectivity index (χ3v) is 6.08. The molecule has 0 radical (unpaired) electrons. The maximum absolute atomic E-state index is 12.5. The first-order chi connectivity index (χ1) is 16.3. The highest BCUT2D eigenvalue weighted by atomic mass is 16.6. The van der Waals surface area contributed by atoms with Gasteiger partial charge in [0.05, 0.1) is 11.4 Å². The van der Waals surface area contributed by atoms with E-state index in [1.165, 1.54) is 0 Å². The van der Waals surface area contributed by atoms with Gasteiger partial charge in [0.1, 0.15) is 29.6 Å². The molecule has 9 heteroatoms. The van der Waals surface area contributed by atoms with Crippen LogP contribution in [-0.4, -0.2) is 62.1 Å². The van der Waals surface area contributed by atoms with Crippen LogP contribution in [0.2, 0.25) is 0 Å². The number of fused-ring (bicyclic) bond motifs is 1. The standard InChI is InChI=1S/C25H31N7O2/c1-16-6-5-7-19(28-16)22-21(18-8-9-20-26-15-27-32(20)14-18)29-23(30-22)17-10-12-31(13-11-17)24(33)34-25(2,3)4/h5-9,14,17,27H,10-13,15H2,1-4H3,(H,29,30). The predicted octanol–water partition coefficient (Wildman–Crippen LogP) is 3.98. The Kier molecular flexibility index (Phi) is 5.73. The molecule has 0 aliphatic carbocycles. The van der Waals surface area contributed by atoms with Crippen LogP contribution in [0.4, 0.5) is 4.79 Å². The zero-order chi connectivity index (χ0) is 23.9. The molecule has 9 nitrogen and oxygen atoms in total. The van der Waals surface area contributed by atoms with Gasteiger partial charge in [0.2, 0.25) is 0 Å². The Bertz CT molecular complexity index is 1180. The lowest BCUT2D eigenvalue weighted by Gasteiger charge is -2.32. The molecule has 1 amide bonds. The number of aliphatic imine (C=N–C) groups is 1. The number of nitrogens with zero attached hydrogens (tertiary/aromatic N) is 5. The third-order valence-electron chi connectivity index (χ3n) is 6.08. The molecule has 1 saturated heterocycles. The van der Waals surface area contributed by atoms with Crippen molar-refractivity contribution in [3.63, 3.8) is 0 Å². The average Bonchev–Trinajstić information content (AvgIpc) is 3.45. The number of allylic oxidation sites excluding steroid dienone is 2. The van der Waals surface area contributed by atoms with E-state index in [-0.39, 0.29) is 12.0 Å². The quantitative estimate of drug-likeness (QED) is 0.717. The van der Waals surface area contributed by atoms with Gasteiger partial charge in [-0.05, 0) is 64.8 Å². The zero-order valence-corrected chi connectivity index (χ0v) is 20.1. The number of hydrazine groups is 1. The zero-order valence-electron chi connectivity index (χ0n) is 20.1. The van der Waals surface area contributed by atoms with E-state index in [2.05, 4.69) is 21.5 Å². The molecule has 34 heavy (non-hydrogen) atoms. The molecule has 2 aromatic rings. The third kappa shape index (κ3) is 4.61. The highest BCUT2D eigenvalue weighted by Gasteiger charge is 2.30. The average molecular weight is 462 g/mol. The number of aryl methyl sites for hydroxylation is 1. The van der Waals surface area contributed by atoms with Crippen molar-refractivity contribution in [2.24, 2.45) is 4.99 Å². The van der Waals surface area contributed by atoms with Crippen LogP contribution in [0.25, 0.3) is 17.0 Å².